The molecule has 1 aromatic carbocycles. The van der Waals surface area contributed by atoms with E-state index in [1.54, 1.807) is 32.0 Å². The number of sulfonamides is 1. The topological polar surface area (TPSA) is 96.0 Å². The maximum Gasteiger partial charge on any atom is 0.244 e. The molecule has 0 heterocycles. The van der Waals surface area contributed by atoms with Gasteiger partial charge >= 0.3 is 0 Å². The predicted molar refractivity (Wildman–Crippen MR) is 81.1 cm³/mol. The van der Waals surface area contributed by atoms with Crippen molar-refractivity contribution >= 4 is 31.8 Å². The van der Waals surface area contributed by atoms with Gasteiger partial charge in [0.1, 0.15) is 5.84 Å². The predicted octanol–water partition coefficient (Wildman–Crippen LogP) is 1.84. The zero-order valence-electron chi connectivity index (χ0n) is 11.3. The van der Waals surface area contributed by atoms with Gasteiger partial charge in [-0.3, -0.25) is 0 Å². The molecular formula is C12H18BrN3O3S. The monoisotopic (exact) mass is 363 g/mol. The lowest BCUT2D eigenvalue weighted by molar-refractivity contribution is 0.311. The number of rotatable bonds is 6. The molecule has 0 aliphatic carbocycles. The van der Waals surface area contributed by atoms with E-state index in [2.05, 4.69) is 21.1 Å². The van der Waals surface area contributed by atoms with Crippen LogP contribution in [0.3, 0.4) is 0 Å². The second-order valence-electron chi connectivity index (χ2n) is 4.31. The molecular weight excluding hydrogens is 346 g/mol. The number of benzene rings is 1. The quantitative estimate of drug-likeness (QED) is 0.348. The van der Waals surface area contributed by atoms with Crippen molar-refractivity contribution in [2.24, 2.45) is 16.8 Å². The normalized spacial score (nSPS) is 14.5. The molecule has 0 saturated heterocycles. The van der Waals surface area contributed by atoms with Crippen LogP contribution in [0.15, 0.2) is 38.8 Å². The summed E-state index contributed by atoms with van der Waals surface area (Å²) in [5.41, 5.74) is 5.50. The van der Waals surface area contributed by atoms with E-state index in [-0.39, 0.29) is 23.2 Å². The molecule has 0 aliphatic rings. The molecule has 0 aliphatic heterocycles. The summed E-state index contributed by atoms with van der Waals surface area (Å²) >= 11 is 3.24. The van der Waals surface area contributed by atoms with Crippen molar-refractivity contribution in [1.29, 1.82) is 0 Å². The molecule has 0 radical (unpaired) electrons. The summed E-state index contributed by atoms with van der Waals surface area (Å²) < 4.78 is 27.0. The van der Waals surface area contributed by atoms with Gasteiger partial charge in [0.25, 0.3) is 0 Å². The van der Waals surface area contributed by atoms with Crippen LogP contribution in [0.5, 0.6) is 0 Å². The molecule has 0 aromatic heterocycles. The van der Waals surface area contributed by atoms with E-state index in [9.17, 15) is 8.42 Å². The minimum absolute atomic E-state index is 0.00535. The van der Waals surface area contributed by atoms with Crippen LogP contribution >= 0.6 is 15.9 Å². The van der Waals surface area contributed by atoms with Crippen molar-refractivity contribution in [2.75, 3.05) is 13.1 Å². The average molecular weight is 364 g/mol. The summed E-state index contributed by atoms with van der Waals surface area (Å²) in [5, 5.41) is 11.6. The number of hydrogen-bond acceptors (Lipinski definition) is 4. The van der Waals surface area contributed by atoms with Crippen molar-refractivity contribution in [3.05, 3.63) is 28.7 Å². The van der Waals surface area contributed by atoms with Gasteiger partial charge in [0, 0.05) is 23.5 Å². The van der Waals surface area contributed by atoms with Gasteiger partial charge in [-0.05, 0) is 28.1 Å². The van der Waals surface area contributed by atoms with Gasteiger partial charge in [0.15, 0.2) is 0 Å². The standard InChI is InChI=1S/C12H18BrN3O3S/c1-3-16(8-9(2)12(14)15-17)20(18,19)11-7-5-4-6-10(11)13/h4-7,9,17H,3,8H2,1-2H3,(H2,14,15). The molecule has 20 heavy (non-hydrogen) atoms. The zero-order chi connectivity index (χ0) is 15.3. The minimum Gasteiger partial charge on any atom is -0.409 e. The zero-order valence-corrected chi connectivity index (χ0v) is 13.7. The maximum absolute atomic E-state index is 12.6. The fourth-order valence-electron chi connectivity index (χ4n) is 1.69. The molecule has 0 fully saturated rings. The van der Waals surface area contributed by atoms with E-state index in [1.807, 2.05) is 0 Å². The van der Waals surface area contributed by atoms with E-state index in [1.165, 1.54) is 10.4 Å². The van der Waals surface area contributed by atoms with Crippen LogP contribution in [0.4, 0.5) is 0 Å². The Morgan fingerprint density at radius 3 is 2.60 bits per heavy atom. The summed E-state index contributed by atoms with van der Waals surface area (Å²) in [4.78, 5) is 0.202. The van der Waals surface area contributed by atoms with Crippen molar-refractivity contribution in [3.63, 3.8) is 0 Å². The molecule has 1 rings (SSSR count). The Morgan fingerprint density at radius 2 is 2.10 bits per heavy atom. The van der Waals surface area contributed by atoms with E-state index in [0.29, 0.717) is 11.0 Å². The van der Waals surface area contributed by atoms with Gasteiger partial charge < -0.3 is 10.9 Å². The van der Waals surface area contributed by atoms with Crippen LogP contribution in [0, 0.1) is 5.92 Å². The molecule has 8 heteroatoms. The number of oxime groups is 1. The average Bonchev–Trinajstić information content (AvgIpc) is 2.43. The first-order chi connectivity index (χ1) is 9.34. The lowest BCUT2D eigenvalue weighted by atomic mass is 10.1. The molecule has 0 saturated carbocycles. The Bertz CT molecular complexity index is 589. The van der Waals surface area contributed by atoms with Gasteiger partial charge in [-0.25, -0.2) is 8.42 Å². The molecule has 112 valence electrons. The van der Waals surface area contributed by atoms with E-state index in [4.69, 9.17) is 10.9 Å². The fourth-order valence-corrected chi connectivity index (χ4v) is 4.19. The van der Waals surface area contributed by atoms with E-state index in [0.717, 1.165) is 0 Å². The lowest BCUT2D eigenvalue weighted by Crippen LogP contribution is -2.38. The summed E-state index contributed by atoms with van der Waals surface area (Å²) in [6.07, 6.45) is 0. The Balaban J connectivity index is 3.09. The fraction of sp³-hybridized carbons (Fsp3) is 0.417. The van der Waals surface area contributed by atoms with Crippen LogP contribution in [0.1, 0.15) is 13.8 Å². The molecule has 0 spiro atoms. The van der Waals surface area contributed by atoms with E-state index < -0.39 is 10.0 Å². The van der Waals surface area contributed by atoms with Gasteiger partial charge in [0.2, 0.25) is 10.0 Å². The number of nitrogens with two attached hydrogens (primary N) is 1. The largest absolute Gasteiger partial charge is 0.409 e. The van der Waals surface area contributed by atoms with Crippen LogP contribution in [0.25, 0.3) is 0 Å². The second-order valence-corrected chi connectivity index (χ2v) is 7.07. The third-order valence-electron chi connectivity index (χ3n) is 2.91. The van der Waals surface area contributed by atoms with Gasteiger partial charge in [0.05, 0.1) is 4.90 Å². The lowest BCUT2D eigenvalue weighted by Gasteiger charge is -2.23. The first-order valence-electron chi connectivity index (χ1n) is 6.06. The van der Waals surface area contributed by atoms with Crippen molar-refractivity contribution in [2.45, 2.75) is 18.7 Å². The summed E-state index contributed by atoms with van der Waals surface area (Å²) in [6, 6.07) is 6.63. The smallest absolute Gasteiger partial charge is 0.244 e. The Hall–Kier alpha value is -1.12. The number of hydrogen-bond donors (Lipinski definition) is 2. The highest BCUT2D eigenvalue weighted by molar-refractivity contribution is 9.10. The summed E-state index contributed by atoms with van der Waals surface area (Å²) in [5.74, 6) is -0.372. The van der Waals surface area contributed by atoms with Crippen molar-refractivity contribution < 1.29 is 13.6 Å². The third kappa shape index (κ3) is 3.71. The summed E-state index contributed by atoms with van der Waals surface area (Å²) in [7, 11) is -3.62. The molecule has 0 bridgehead atoms. The highest BCUT2D eigenvalue weighted by Gasteiger charge is 2.27. The minimum atomic E-state index is -3.62. The Labute approximate surface area is 127 Å². The number of amidine groups is 1. The molecule has 1 aromatic rings. The van der Waals surface area contributed by atoms with Crippen LogP contribution in [-0.4, -0.2) is 36.9 Å². The highest BCUT2D eigenvalue weighted by atomic mass is 79.9. The number of nitrogens with zero attached hydrogens (tertiary/aromatic N) is 2. The second kappa shape index (κ2) is 7.05. The first kappa shape index (κ1) is 16.9. The van der Waals surface area contributed by atoms with Gasteiger partial charge in [-0.15, -0.1) is 0 Å². The van der Waals surface area contributed by atoms with Crippen LogP contribution in [0.2, 0.25) is 0 Å². The van der Waals surface area contributed by atoms with Crippen molar-refractivity contribution in [3.8, 4) is 0 Å². The molecule has 3 N–H and O–H groups in total. The van der Waals surface area contributed by atoms with Crippen LogP contribution < -0.4 is 5.73 Å². The molecule has 1 atom stereocenters. The maximum atomic E-state index is 12.6. The first-order valence-corrected chi connectivity index (χ1v) is 8.30. The summed E-state index contributed by atoms with van der Waals surface area (Å²) in [6.45, 7) is 3.89. The number of halogens is 1. The Morgan fingerprint density at radius 1 is 1.50 bits per heavy atom. The van der Waals surface area contributed by atoms with Crippen molar-refractivity contribution in [1.82, 2.24) is 4.31 Å². The molecule has 6 nitrogen and oxygen atoms in total. The van der Waals surface area contributed by atoms with E-state index >= 15 is 0 Å². The Kier molecular flexibility index (Phi) is 5.97. The SMILES string of the molecule is CCN(CC(C)C(N)=NO)S(=O)(=O)c1ccccc1Br. The highest BCUT2D eigenvalue weighted by Crippen LogP contribution is 2.25. The van der Waals surface area contributed by atoms with Gasteiger partial charge in [-0.1, -0.05) is 31.1 Å². The van der Waals surface area contributed by atoms with Gasteiger partial charge in [-0.2, -0.15) is 4.31 Å². The molecule has 1 unspecified atom stereocenters. The third-order valence-corrected chi connectivity index (χ3v) is 5.86. The van der Waals surface area contributed by atoms with Crippen LogP contribution in [-0.2, 0) is 10.0 Å². The molecule has 0 amide bonds.